The van der Waals surface area contributed by atoms with Crippen molar-refractivity contribution in [1.82, 2.24) is 9.80 Å². The van der Waals surface area contributed by atoms with E-state index < -0.39 is 0 Å². The molecule has 1 unspecified atom stereocenters. The fourth-order valence-electron chi connectivity index (χ4n) is 4.03. The molecule has 7 nitrogen and oxygen atoms in total. The molecule has 1 atom stereocenters. The van der Waals surface area contributed by atoms with Crippen molar-refractivity contribution in [3.05, 3.63) is 53.7 Å². The van der Waals surface area contributed by atoms with Crippen LogP contribution in [-0.2, 0) is 4.74 Å². The molecule has 2 aliphatic rings. The number of aliphatic imine (C=N–C) groups is 1. The Kier molecular flexibility index (Phi) is 6.54. The van der Waals surface area contributed by atoms with Gasteiger partial charge < -0.3 is 24.7 Å². The molecule has 2 N–H and O–H groups in total. The highest BCUT2D eigenvalue weighted by Gasteiger charge is 2.26. The summed E-state index contributed by atoms with van der Waals surface area (Å²) in [7, 11) is 0. The largest absolute Gasteiger partial charge is 0.465 e. The van der Waals surface area contributed by atoms with Gasteiger partial charge in [-0.3, -0.25) is 9.89 Å². The molecule has 162 valence electrons. The van der Waals surface area contributed by atoms with E-state index >= 15 is 0 Å². The van der Waals surface area contributed by atoms with E-state index in [1.807, 2.05) is 31.2 Å². The summed E-state index contributed by atoms with van der Waals surface area (Å²) in [6.45, 7) is 8.89. The van der Waals surface area contributed by atoms with Crippen molar-refractivity contribution >= 4 is 11.6 Å². The Morgan fingerprint density at radius 1 is 1.03 bits per heavy atom. The van der Waals surface area contributed by atoms with Gasteiger partial charge in [0.05, 0.1) is 25.8 Å². The molecule has 0 spiro atoms. The second-order valence-electron chi connectivity index (χ2n) is 7.76. The summed E-state index contributed by atoms with van der Waals surface area (Å²) in [6, 6.07) is 10.7. The van der Waals surface area contributed by atoms with E-state index in [2.05, 4.69) is 14.7 Å². The highest BCUT2D eigenvalue weighted by molar-refractivity contribution is 5.78. The van der Waals surface area contributed by atoms with Crippen molar-refractivity contribution in [1.29, 1.82) is 0 Å². The zero-order chi connectivity index (χ0) is 20.9. The van der Waals surface area contributed by atoms with Crippen LogP contribution in [0.5, 0.6) is 0 Å². The van der Waals surface area contributed by atoms with E-state index in [9.17, 15) is 4.39 Å². The molecule has 0 radical (unpaired) electrons. The lowest BCUT2D eigenvalue weighted by molar-refractivity contribution is 0.0135. The molecule has 4 rings (SSSR count). The molecule has 3 heterocycles. The van der Waals surface area contributed by atoms with Crippen molar-refractivity contribution in [2.45, 2.75) is 13.0 Å². The second kappa shape index (κ2) is 9.49. The number of furan rings is 1. The maximum absolute atomic E-state index is 13.2. The van der Waals surface area contributed by atoms with Crippen LogP contribution in [0, 0.1) is 12.7 Å². The number of hydrogen-bond donors (Lipinski definition) is 1. The lowest BCUT2D eigenvalue weighted by atomic mass is 10.1. The Morgan fingerprint density at radius 3 is 2.37 bits per heavy atom. The first-order valence-electron chi connectivity index (χ1n) is 10.5. The number of morpholine rings is 1. The second-order valence-corrected chi connectivity index (χ2v) is 7.76. The zero-order valence-corrected chi connectivity index (χ0v) is 17.5. The summed E-state index contributed by atoms with van der Waals surface area (Å²) in [4.78, 5) is 11.4. The van der Waals surface area contributed by atoms with Gasteiger partial charge in [0.25, 0.3) is 0 Å². The summed E-state index contributed by atoms with van der Waals surface area (Å²) in [6.07, 6.45) is 0. The number of nitrogens with zero attached hydrogens (tertiary/aromatic N) is 4. The fourth-order valence-corrected chi connectivity index (χ4v) is 4.03. The van der Waals surface area contributed by atoms with Crippen LogP contribution < -0.4 is 10.6 Å². The van der Waals surface area contributed by atoms with Crippen LogP contribution in [0.2, 0.25) is 0 Å². The van der Waals surface area contributed by atoms with Gasteiger partial charge in [0.2, 0.25) is 0 Å². The molecule has 0 saturated carbocycles. The van der Waals surface area contributed by atoms with Crippen LogP contribution in [0.4, 0.5) is 10.1 Å². The maximum Gasteiger partial charge on any atom is 0.191 e. The molecule has 1 aromatic carbocycles. The Hall–Kier alpha value is -2.58. The van der Waals surface area contributed by atoms with Gasteiger partial charge in [-0.15, -0.1) is 0 Å². The predicted octanol–water partition coefficient (Wildman–Crippen LogP) is 2.24. The topological polar surface area (TPSA) is 70.5 Å². The average molecular weight is 416 g/mol. The number of guanidine groups is 1. The third-order valence-electron chi connectivity index (χ3n) is 5.80. The molecule has 0 aliphatic carbocycles. The number of ether oxygens (including phenoxy) is 1. The first-order chi connectivity index (χ1) is 14.6. The first kappa shape index (κ1) is 20.7. The van der Waals surface area contributed by atoms with Crippen LogP contribution in [-0.4, -0.2) is 74.8 Å². The molecular weight excluding hydrogens is 385 g/mol. The minimum absolute atomic E-state index is 0.0571. The van der Waals surface area contributed by atoms with Crippen molar-refractivity contribution in [3.63, 3.8) is 0 Å². The summed E-state index contributed by atoms with van der Waals surface area (Å²) in [5, 5.41) is 0. The molecule has 8 heteroatoms. The Balaban J connectivity index is 1.37. The zero-order valence-electron chi connectivity index (χ0n) is 17.5. The van der Waals surface area contributed by atoms with Crippen LogP contribution in [0.25, 0.3) is 0 Å². The van der Waals surface area contributed by atoms with E-state index in [0.29, 0.717) is 12.5 Å². The highest BCUT2D eigenvalue weighted by atomic mass is 19.1. The van der Waals surface area contributed by atoms with Crippen molar-refractivity contribution in [3.8, 4) is 0 Å². The Labute approximate surface area is 176 Å². The van der Waals surface area contributed by atoms with E-state index in [-0.39, 0.29) is 11.9 Å². The van der Waals surface area contributed by atoms with Crippen molar-refractivity contribution in [2.75, 3.05) is 63.9 Å². The molecular formula is C22H30FN5O2. The van der Waals surface area contributed by atoms with Gasteiger partial charge in [-0.1, -0.05) is 0 Å². The van der Waals surface area contributed by atoms with E-state index in [4.69, 9.17) is 19.9 Å². The lowest BCUT2D eigenvalue weighted by Crippen LogP contribution is -2.51. The summed E-state index contributed by atoms with van der Waals surface area (Å²) in [5.41, 5.74) is 7.38. The van der Waals surface area contributed by atoms with E-state index in [1.54, 1.807) is 0 Å². The third kappa shape index (κ3) is 4.94. The Morgan fingerprint density at radius 2 is 1.73 bits per heavy atom. The molecule has 0 amide bonds. The fraction of sp³-hybridized carbons (Fsp3) is 0.500. The quantitative estimate of drug-likeness (QED) is 0.597. The number of hydrogen-bond acceptors (Lipinski definition) is 5. The smallest absolute Gasteiger partial charge is 0.191 e. The van der Waals surface area contributed by atoms with Crippen LogP contribution in [0.3, 0.4) is 0 Å². The van der Waals surface area contributed by atoms with Gasteiger partial charge in [0, 0.05) is 45.0 Å². The number of anilines is 1. The highest BCUT2D eigenvalue weighted by Crippen LogP contribution is 2.24. The van der Waals surface area contributed by atoms with Gasteiger partial charge >= 0.3 is 0 Å². The van der Waals surface area contributed by atoms with Crippen LogP contribution in [0.15, 0.2) is 45.8 Å². The van der Waals surface area contributed by atoms with Gasteiger partial charge in [0.1, 0.15) is 17.3 Å². The van der Waals surface area contributed by atoms with Crippen molar-refractivity contribution in [2.24, 2.45) is 10.7 Å². The minimum atomic E-state index is -0.213. The first-order valence-corrected chi connectivity index (χ1v) is 10.5. The number of piperazine rings is 1. The number of halogens is 1. The van der Waals surface area contributed by atoms with Gasteiger partial charge in [-0.2, -0.15) is 0 Å². The average Bonchev–Trinajstić information content (AvgIpc) is 3.21. The molecule has 1 aromatic heterocycles. The number of rotatable bonds is 5. The summed E-state index contributed by atoms with van der Waals surface area (Å²) < 4.78 is 24.6. The van der Waals surface area contributed by atoms with Gasteiger partial charge in [0.15, 0.2) is 5.96 Å². The molecule has 2 aliphatic heterocycles. The third-order valence-corrected chi connectivity index (χ3v) is 5.80. The number of aryl methyl sites for hydroxylation is 1. The number of nitrogens with two attached hydrogens (primary N) is 1. The minimum Gasteiger partial charge on any atom is -0.465 e. The molecule has 2 saturated heterocycles. The van der Waals surface area contributed by atoms with E-state index in [1.165, 1.54) is 12.1 Å². The van der Waals surface area contributed by atoms with Gasteiger partial charge in [-0.25, -0.2) is 4.39 Å². The Bertz CT molecular complexity index is 839. The van der Waals surface area contributed by atoms with Crippen LogP contribution in [0.1, 0.15) is 17.6 Å². The van der Waals surface area contributed by atoms with Gasteiger partial charge in [-0.05, 0) is 43.3 Å². The molecule has 30 heavy (non-hydrogen) atoms. The van der Waals surface area contributed by atoms with Crippen LogP contribution >= 0.6 is 0 Å². The lowest BCUT2D eigenvalue weighted by Gasteiger charge is -2.37. The molecule has 2 aromatic rings. The maximum atomic E-state index is 13.2. The normalized spacial score (nSPS) is 19.9. The monoisotopic (exact) mass is 415 g/mol. The molecule has 2 fully saturated rings. The predicted molar refractivity (Wildman–Crippen MR) is 115 cm³/mol. The van der Waals surface area contributed by atoms with E-state index in [0.717, 1.165) is 69.7 Å². The molecule has 0 bridgehead atoms. The SMILES string of the molecule is Cc1ccc(C(CN=C(N)N2CCN(c3ccc(F)cc3)CC2)N2CCOCC2)o1. The summed E-state index contributed by atoms with van der Waals surface area (Å²) >= 11 is 0. The number of benzene rings is 1. The summed E-state index contributed by atoms with van der Waals surface area (Å²) in [5.74, 6) is 2.18. The van der Waals surface area contributed by atoms with Crippen molar-refractivity contribution < 1.29 is 13.5 Å². The standard InChI is InChI=1S/C22H30FN5O2/c1-17-2-7-21(30-17)20(27-12-14-29-15-13-27)16-25-22(24)28-10-8-26(9-11-28)19-5-3-18(23)4-6-19/h2-7,20H,8-16H2,1H3,(H2,24,25).